The van der Waals surface area contributed by atoms with Crippen molar-refractivity contribution in [1.82, 2.24) is 10.2 Å². The lowest BCUT2D eigenvalue weighted by molar-refractivity contribution is 0.198. The van der Waals surface area contributed by atoms with Crippen LogP contribution >= 0.6 is 0 Å². The van der Waals surface area contributed by atoms with Crippen molar-refractivity contribution >= 4 is 6.03 Å². The molecule has 58 valence electrons. The minimum Gasteiger partial charge on any atom is -0.341 e. The van der Waals surface area contributed by atoms with Crippen LogP contribution in [0.1, 0.15) is 19.8 Å². The van der Waals surface area contributed by atoms with Gasteiger partial charge in [0.25, 0.3) is 0 Å². The highest BCUT2D eigenvalue weighted by atomic mass is 16.2. The smallest absolute Gasteiger partial charge is 0.317 e. The van der Waals surface area contributed by atoms with Gasteiger partial charge in [-0.1, -0.05) is 0 Å². The lowest BCUT2D eigenvalue weighted by atomic mass is 10.2. The molecule has 3 heteroatoms. The molecule has 0 spiro atoms. The van der Waals surface area contributed by atoms with Crippen LogP contribution in [0.2, 0.25) is 0 Å². The molecule has 1 heterocycles. The van der Waals surface area contributed by atoms with Gasteiger partial charge in [-0.05, 0) is 19.8 Å². The summed E-state index contributed by atoms with van der Waals surface area (Å²) in [5, 5.41) is 2.62. The molecule has 10 heavy (non-hydrogen) atoms. The predicted molar refractivity (Wildman–Crippen MR) is 39.9 cm³/mol. The molecule has 1 aliphatic heterocycles. The molecule has 1 aliphatic rings. The van der Waals surface area contributed by atoms with E-state index in [0.29, 0.717) is 6.04 Å². The zero-order valence-corrected chi connectivity index (χ0v) is 6.55. The fourth-order valence-electron chi connectivity index (χ4n) is 1.38. The number of carbonyl (C=O) groups is 1. The van der Waals surface area contributed by atoms with Crippen LogP contribution in [0.3, 0.4) is 0 Å². The summed E-state index contributed by atoms with van der Waals surface area (Å²) in [6.07, 6.45) is 2.29. The molecule has 1 N–H and O–H groups in total. The van der Waals surface area contributed by atoms with Crippen molar-refractivity contribution in [3.05, 3.63) is 0 Å². The Morgan fingerprint density at radius 2 is 2.40 bits per heavy atom. The van der Waals surface area contributed by atoms with Crippen molar-refractivity contribution in [2.45, 2.75) is 25.8 Å². The summed E-state index contributed by atoms with van der Waals surface area (Å²) < 4.78 is 0. The summed E-state index contributed by atoms with van der Waals surface area (Å²) in [6.45, 7) is 3.00. The first-order valence-electron chi connectivity index (χ1n) is 3.74. The number of nitrogens with one attached hydrogen (secondary N) is 1. The summed E-state index contributed by atoms with van der Waals surface area (Å²) in [6, 6.07) is 0.491. The van der Waals surface area contributed by atoms with Crippen molar-refractivity contribution in [3.8, 4) is 0 Å². The Bertz CT molecular complexity index is 136. The third kappa shape index (κ3) is 1.23. The first-order chi connectivity index (χ1) is 4.75. The number of carbonyl (C=O) groups excluding carboxylic acids is 1. The number of hydrogen-bond acceptors (Lipinski definition) is 1. The lowest BCUT2D eigenvalue weighted by Gasteiger charge is -2.20. The van der Waals surface area contributed by atoms with Crippen molar-refractivity contribution in [1.29, 1.82) is 0 Å². The van der Waals surface area contributed by atoms with Crippen LogP contribution < -0.4 is 5.32 Å². The maximum absolute atomic E-state index is 11.0. The average molecular weight is 142 g/mol. The average Bonchev–Trinajstić information content (AvgIpc) is 2.34. The van der Waals surface area contributed by atoms with Crippen LogP contribution in [-0.2, 0) is 0 Å². The first-order valence-corrected chi connectivity index (χ1v) is 3.74. The molecular weight excluding hydrogens is 128 g/mol. The Morgan fingerprint density at radius 3 is 2.80 bits per heavy atom. The molecular formula is C7H14N2O. The molecule has 0 aromatic heterocycles. The molecule has 1 atom stereocenters. The second-order valence-corrected chi connectivity index (χ2v) is 2.74. The summed E-state index contributed by atoms with van der Waals surface area (Å²) in [4.78, 5) is 12.9. The fourth-order valence-corrected chi connectivity index (χ4v) is 1.38. The first kappa shape index (κ1) is 7.38. The van der Waals surface area contributed by atoms with Crippen molar-refractivity contribution in [2.24, 2.45) is 0 Å². The SMILES string of the molecule is CNC(=O)N1CCC[C@H]1C. The minimum atomic E-state index is 0.0602. The van der Waals surface area contributed by atoms with E-state index in [1.807, 2.05) is 4.90 Å². The van der Waals surface area contributed by atoms with Crippen molar-refractivity contribution in [3.63, 3.8) is 0 Å². The van der Waals surface area contributed by atoms with E-state index >= 15 is 0 Å². The molecule has 1 fully saturated rings. The van der Waals surface area contributed by atoms with Crippen LogP contribution in [0.4, 0.5) is 4.79 Å². The zero-order chi connectivity index (χ0) is 7.56. The normalized spacial score (nSPS) is 25.0. The van der Waals surface area contributed by atoms with E-state index in [9.17, 15) is 4.79 Å². The predicted octanol–water partition coefficient (Wildman–Crippen LogP) is 0.810. The highest BCUT2D eigenvalue weighted by Gasteiger charge is 2.23. The minimum absolute atomic E-state index is 0.0602. The lowest BCUT2D eigenvalue weighted by Crippen LogP contribution is -2.39. The maximum atomic E-state index is 11.0. The van der Waals surface area contributed by atoms with Gasteiger partial charge in [0, 0.05) is 19.6 Å². The van der Waals surface area contributed by atoms with E-state index in [4.69, 9.17) is 0 Å². The van der Waals surface area contributed by atoms with E-state index in [1.54, 1.807) is 7.05 Å². The summed E-state index contributed by atoms with van der Waals surface area (Å²) in [5.41, 5.74) is 0. The second kappa shape index (κ2) is 2.90. The number of rotatable bonds is 0. The van der Waals surface area contributed by atoms with Crippen LogP contribution in [0, 0.1) is 0 Å². The van der Waals surface area contributed by atoms with Gasteiger partial charge in [-0.15, -0.1) is 0 Å². The number of hydrogen-bond donors (Lipinski definition) is 1. The zero-order valence-electron chi connectivity index (χ0n) is 6.55. The van der Waals surface area contributed by atoms with Gasteiger partial charge in [0.05, 0.1) is 0 Å². The number of amides is 2. The Morgan fingerprint density at radius 1 is 1.70 bits per heavy atom. The van der Waals surface area contributed by atoms with Gasteiger partial charge in [-0.3, -0.25) is 0 Å². The standard InChI is InChI=1S/C7H14N2O/c1-6-4-3-5-9(6)7(10)8-2/h6H,3-5H2,1-2H3,(H,8,10)/t6-/m1/s1. The van der Waals surface area contributed by atoms with E-state index in [-0.39, 0.29) is 6.03 Å². The summed E-state index contributed by atoms with van der Waals surface area (Å²) in [5.74, 6) is 0. The van der Waals surface area contributed by atoms with E-state index in [1.165, 1.54) is 0 Å². The van der Waals surface area contributed by atoms with Gasteiger partial charge in [-0.25, -0.2) is 4.79 Å². The van der Waals surface area contributed by atoms with E-state index in [2.05, 4.69) is 12.2 Å². The highest BCUT2D eigenvalue weighted by Crippen LogP contribution is 2.15. The van der Waals surface area contributed by atoms with Gasteiger partial charge in [-0.2, -0.15) is 0 Å². The van der Waals surface area contributed by atoms with Crippen molar-refractivity contribution < 1.29 is 4.79 Å². The van der Waals surface area contributed by atoms with Crippen LogP contribution in [-0.4, -0.2) is 30.6 Å². The van der Waals surface area contributed by atoms with Crippen molar-refractivity contribution in [2.75, 3.05) is 13.6 Å². The van der Waals surface area contributed by atoms with Gasteiger partial charge >= 0.3 is 6.03 Å². The van der Waals surface area contributed by atoms with E-state index < -0.39 is 0 Å². The number of nitrogens with zero attached hydrogens (tertiary/aromatic N) is 1. The van der Waals surface area contributed by atoms with Gasteiger partial charge in [0.1, 0.15) is 0 Å². The molecule has 3 nitrogen and oxygen atoms in total. The molecule has 0 saturated carbocycles. The fraction of sp³-hybridized carbons (Fsp3) is 0.857. The second-order valence-electron chi connectivity index (χ2n) is 2.74. The van der Waals surface area contributed by atoms with Crippen LogP contribution in [0.5, 0.6) is 0 Å². The number of likely N-dealkylation sites (tertiary alicyclic amines) is 1. The molecule has 1 saturated heterocycles. The molecule has 0 aromatic carbocycles. The topological polar surface area (TPSA) is 32.3 Å². The summed E-state index contributed by atoms with van der Waals surface area (Å²) >= 11 is 0. The maximum Gasteiger partial charge on any atom is 0.317 e. The molecule has 2 amide bonds. The Hall–Kier alpha value is -0.730. The number of urea groups is 1. The molecule has 0 bridgehead atoms. The molecule has 1 rings (SSSR count). The van der Waals surface area contributed by atoms with Crippen LogP contribution in [0.15, 0.2) is 0 Å². The van der Waals surface area contributed by atoms with Gasteiger partial charge in [0.2, 0.25) is 0 Å². The monoisotopic (exact) mass is 142 g/mol. The summed E-state index contributed by atoms with van der Waals surface area (Å²) in [7, 11) is 1.67. The third-order valence-corrected chi connectivity index (χ3v) is 2.03. The Kier molecular flexibility index (Phi) is 2.14. The Labute approximate surface area is 61.4 Å². The molecule has 0 radical (unpaired) electrons. The van der Waals surface area contributed by atoms with Gasteiger partial charge in [0.15, 0.2) is 0 Å². The molecule has 0 aromatic rings. The molecule has 0 unspecified atom stereocenters. The van der Waals surface area contributed by atoms with Crippen LogP contribution in [0.25, 0.3) is 0 Å². The largest absolute Gasteiger partial charge is 0.341 e. The van der Waals surface area contributed by atoms with E-state index in [0.717, 1.165) is 19.4 Å². The Balaban J connectivity index is 2.46. The van der Waals surface area contributed by atoms with Gasteiger partial charge < -0.3 is 10.2 Å². The quantitative estimate of drug-likeness (QED) is 0.533. The third-order valence-electron chi connectivity index (χ3n) is 2.03. The molecule has 0 aliphatic carbocycles. The highest BCUT2D eigenvalue weighted by molar-refractivity contribution is 5.74.